The maximum absolute atomic E-state index is 12.7. The molecular weight excluding hydrogens is 346 g/mol. The number of carbonyl (C=O) groups is 1. The summed E-state index contributed by atoms with van der Waals surface area (Å²) in [5.41, 5.74) is 5.94. The zero-order chi connectivity index (χ0) is 19.5. The number of hydrogen-bond donors (Lipinski definition) is 1. The Balaban J connectivity index is 1.41. The summed E-state index contributed by atoms with van der Waals surface area (Å²) in [6, 6.07) is 14.5. The second-order valence-electron chi connectivity index (χ2n) is 7.73. The van der Waals surface area contributed by atoms with Crippen molar-refractivity contribution in [2.24, 2.45) is 0 Å². The Bertz CT molecular complexity index is 972. The van der Waals surface area contributed by atoms with E-state index >= 15 is 0 Å². The quantitative estimate of drug-likeness (QED) is 0.710. The topological polar surface area (TPSA) is 46.9 Å². The molecule has 144 valence electrons. The summed E-state index contributed by atoms with van der Waals surface area (Å²) in [5, 5.41) is 3.14. The molecule has 1 N–H and O–H groups in total. The number of aromatic nitrogens is 2. The van der Waals surface area contributed by atoms with Gasteiger partial charge in [0.05, 0.1) is 6.04 Å². The molecule has 0 radical (unpaired) electrons. The van der Waals surface area contributed by atoms with Gasteiger partial charge in [-0.15, -0.1) is 0 Å². The van der Waals surface area contributed by atoms with Crippen molar-refractivity contribution in [3.8, 4) is 0 Å². The van der Waals surface area contributed by atoms with E-state index in [0.717, 1.165) is 24.4 Å². The van der Waals surface area contributed by atoms with Crippen molar-refractivity contribution >= 4 is 5.91 Å². The molecule has 0 fully saturated rings. The zero-order valence-corrected chi connectivity index (χ0v) is 16.6. The van der Waals surface area contributed by atoms with Crippen LogP contribution in [0.2, 0.25) is 0 Å². The molecule has 1 heterocycles. The number of carbonyl (C=O) groups excluding carboxylic acids is 1. The Morgan fingerprint density at radius 2 is 1.86 bits per heavy atom. The number of nitrogens with zero attached hydrogens (tertiary/aromatic N) is 2. The average Bonchev–Trinajstić information content (AvgIpc) is 3.12. The van der Waals surface area contributed by atoms with Gasteiger partial charge >= 0.3 is 0 Å². The molecular formula is C24H27N3O. The van der Waals surface area contributed by atoms with Crippen LogP contribution in [0.5, 0.6) is 0 Å². The molecule has 1 aliphatic rings. The molecule has 4 heteroatoms. The maximum atomic E-state index is 12.7. The molecule has 0 saturated heterocycles. The van der Waals surface area contributed by atoms with Crippen LogP contribution >= 0.6 is 0 Å². The van der Waals surface area contributed by atoms with Crippen LogP contribution in [0.25, 0.3) is 0 Å². The number of nitrogens with one attached hydrogen (secondary N) is 1. The summed E-state index contributed by atoms with van der Waals surface area (Å²) in [5.74, 6) is 0.955. The molecule has 1 aromatic heterocycles. The fourth-order valence-electron chi connectivity index (χ4n) is 3.92. The Morgan fingerprint density at radius 1 is 1.11 bits per heavy atom. The molecule has 1 unspecified atom stereocenters. The van der Waals surface area contributed by atoms with Crippen molar-refractivity contribution in [2.45, 2.75) is 52.1 Å². The van der Waals surface area contributed by atoms with E-state index in [1.54, 1.807) is 6.20 Å². The standard InChI is InChI=1S/C24H27N3O/c1-17(22-12-11-20-5-3-4-6-23(20)15-22)26-24(28)21-9-7-19(8-10-21)16-27-14-13-25-18(27)2/h7-15,17H,3-6,16H2,1-2H3,(H,26,28). The minimum Gasteiger partial charge on any atom is -0.346 e. The fourth-order valence-corrected chi connectivity index (χ4v) is 3.92. The summed E-state index contributed by atoms with van der Waals surface area (Å²) in [6.45, 7) is 4.81. The number of amides is 1. The first-order chi connectivity index (χ1) is 13.6. The number of rotatable bonds is 5. The van der Waals surface area contributed by atoms with Crippen molar-refractivity contribution in [3.05, 3.63) is 88.5 Å². The van der Waals surface area contributed by atoms with Crippen LogP contribution in [-0.4, -0.2) is 15.5 Å². The van der Waals surface area contributed by atoms with Gasteiger partial charge < -0.3 is 9.88 Å². The largest absolute Gasteiger partial charge is 0.346 e. The molecule has 4 nitrogen and oxygen atoms in total. The smallest absolute Gasteiger partial charge is 0.251 e. The summed E-state index contributed by atoms with van der Waals surface area (Å²) >= 11 is 0. The van der Waals surface area contributed by atoms with Crippen LogP contribution in [0.15, 0.2) is 54.9 Å². The first-order valence-corrected chi connectivity index (χ1v) is 10.1. The van der Waals surface area contributed by atoms with Gasteiger partial charge in [-0.2, -0.15) is 0 Å². The first-order valence-electron chi connectivity index (χ1n) is 10.1. The van der Waals surface area contributed by atoms with E-state index in [1.807, 2.05) is 37.4 Å². The third-order valence-electron chi connectivity index (χ3n) is 5.71. The van der Waals surface area contributed by atoms with Gasteiger partial charge in [0.25, 0.3) is 5.91 Å². The van der Waals surface area contributed by atoms with Crippen LogP contribution in [-0.2, 0) is 19.4 Å². The second-order valence-corrected chi connectivity index (χ2v) is 7.73. The lowest BCUT2D eigenvalue weighted by molar-refractivity contribution is 0.0940. The van der Waals surface area contributed by atoms with Crippen molar-refractivity contribution in [1.29, 1.82) is 0 Å². The van der Waals surface area contributed by atoms with Crippen LogP contribution in [0.1, 0.15) is 64.2 Å². The molecule has 4 rings (SSSR count). The molecule has 0 bridgehead atoms. The van der Waals surface area contributed by atoms with E-state index in [-0.39, 0.29) is 11.9 Å². The van der Waals surface area contributed by atoms with Gasteiger partial charge in [0.2, 0.25) is 0 Å². The average molecular weight is 374 g/mol. The van der Waals surface area contributed by atoms with Gasteiger partial charge in [-0.1, -0.05) is 30.3 Å². The SMILES string of the molecule is Cc1nccn1Cc1ccc(C(=O)NC(C)c2ccc3c(c2)CCCC3)cc1. The fraction of sp³-hybridized carbons (Fsp3) is 0.333. The van der Waals surface area contributed by atoms with E-state index in [2.05, 4.69) is 40.0 Å². The van der Waals surface area contributed by atoms with Crippen LogP contribution in [0, 0.1) is 6.92 Å². The minimum atomic E-state index is -0.0319. The predicted molar refractivity (Wildman–Crippen MR) is 111 cm³/mol. The first kappa shape index (κ1) is 18.5. The van der Waals surface area contributed by atoms with Gasteiger partial charge in [-0.05, 0) is 73.9 Å². The number of fused-ring (bicyclic) bond motifs is 1. The maximum Gasteiger partial charge on any atom is 0.251 e. The molecule has 0 aliphatic heterocycles. The zero-order valence-electron chi connectivity index (χ0n) is 16.6. The van der Waals surface area contributed by atoms with Crippen molar-refractivity contribution in [1.82, 2.24) is 14.9 Å². The highest BCUT2D eigenvalue weighted by Gasteiger charge is 2.15. The third-order valence-corrected chi connectivity index (χ3v) is 5.71. The second kappa shape index (κ2) is 8.01. The van der Waals surface area contributed by atoms with E-state index in [9.17, 15) is 4.79 Å². The molecule has 28 heavy (non-hydrogen) atoms. The highest BCUT2D eigenvalue weighted by Crippen LogP contribution is 2.25. The number of imidazole rings is 1. The Morgan fingerprint density at radius 3 is 2.57 bits per heavy atom. The van der Waals surface area contributed by atoms with Gasteiger partial charge in [-0.3, -0.25) is 4.79 Å². The minimum absolute atomic E-state index is 0.00648. The number of aryl methyl sites for hydroxylation is 3. The summed E-state index contributed by atoms with van der Waals surface area (Å²) in [7, 11) is 0. The lowest BCUT2D eigenvalue weighted by Crippen LogP contribution is -2.26. The summed E-state index contributed by atoms with van der Waals surface area (Å²) < 4.78 is 2.09. The highest BCUT2D eigenvalue weighted by atomic mass is 16.1. The van der Waals surface area contributed by atoms with Crippen molar-refractivity contribution < 1.29 is 4.79 Å². The molecule has 1 aliphatic carbocycles. The number of benzene rings is 2. The van der Waals surface area contributed by atoms with Gasteiger partial charge in [0.1, 0.15) is 5.82 Å². The van der Waals surface area contributed by atoms with E-state index in [1.165, 1.54) is 36.0 Å². The number of hydrogen-bond acceptors (Lipinski definition) is 2. The van der Waals surface area contributed by atoms with Gasteiger partial charge in [0.15, 0.2) is 0 Å². The van der Waals surface area contributed by atoms with Crippen LogP contribution in [0.3, 0.4) is 0 Å². The normalized spacial score (nSPS) is 14.4. The van der Waals surface area contributed by atoms with Gasteiger partial charge in [-0.25, -0.2) is 4.98 Å². The lowest BCUT2D eigenvalue weighted by Gasteiger charge is -2.20. The summed E-state index contributed by atoms with van der Waals surface area (Å²) in [6.07, 6.45) is 8.66. The van der Waals surface area contributed by atoms with Crippen LogP contribution in [0.4, 0.5) is 0 Å². The summed E-state index contributed by atoms with van der Waals surface area (Å²) in [4.78, 5) is 16.9. The molecule has 3 aromatic rings. The molecule has 0 spiro atoms. The van der Waals surface area contributed by atoms with Gasteiger partial charge in [0, 0.05) is 24.5 Å². The predicted octanol–water partition coefficient (Wildman–Crippen LogP) is 4.61. The third kappa shape index (κ3) is 4.01. The Hall–Kier alpha value is -2.88. The van der Waals surface area contributed by atoms with E-state index in [4.69, 9.17) is 0 Å². The van der Waals surface area contributed by atoms with Crippen molar-refractivity contribution in [2.75, 3.05) is 0 Å². The molecule has 2 aromatic carbocycles. The Kier molecular flexibility index (Phi) is 5.29. The molecule has 1 atom stereocenters. The molecule has 1 amide bonds. The highest BCUT2D eigenvalue weighted by molar-refractivity contribution is 5.94. The monoisotopic (exact) mass is 373 g/mol. The Labute approximate surface area is 166 Å². The van der Waals surface area contributed by atoms with E-state index in [0.29, 0.717) is 5.56 Å². The molecule has 0 saturated carbocycles. The van der Waals surface area contributed by atoms with Crippen LogP contribution < -0.4 is 5.32 Å². The lowest BCUT2D eigenvalue weighted by atomic mass is 9.89. The van der Waals surface area contributed by atoms with Crippen molar-refractivity contribution in [3.63, 3.8) is 0 Å². The van der Waals surface area contributed by atoms with E-state index < -0.39 is 0 Å².